The first-order chi connectivity index (χ1) is 14.4. The Morgan fingerprint density at radius 2 is 1.39 bits per heavy atom. The third-order valence-corrected chi connectivity index (χ3v) is 6.15. The second-order valence-corrected chi connectivity index (χ2v) is 9.08. The topological polar surface area (TPSA) is 86.7 Å². The second-order valence-electron chi connectivity index (χ2n) is 7.69. The van der Waals surface area contributed by atoms with Crippen LogP contribution >= 0.6 is 0 Å². The fraction of sp³-hybridized carbons (Fsp3) is 0.500. The summed E-state index contributed by atoms with van der Waals surface area (Å²) in [4.78, 5) is -0.316. The van der Waals surface area contributed by atoms with Gasteiger partial charge in [0.05, 0.1) is 4.90 Å². The number of ether oxygens (including phenoxy) is 1. The van der Waals surface area contributed by atoms with E-state index in [0.717, 1.165) is 19.3 Å². The first kappa shape index (κ1) is 28.0. The van der Waals surface area contributed by atoms with E-state index in [4.69, 9.17) is 4.74 Å². The molecule has 0 bridgehead atoms. The van der Waals surface area contributed by atoms with Gasteiger partial charge in [-0.3, -0.25) is 4.55 Å². The third-order valence-electron chi connectivity index (χ3n) is 5.21. The first-order valence-electron chi connectivity index (χ1n) is 11.0. The molecule has 2 rings (SSSR count). The molecule has 7 heteroatoms. The Balaban J connectivity index is 0.00000480. The monoisotopic (exact) mass is 456 g/mol. The summed E-state index contributed by atoms with van der Waals surface area (Å²) in [7, 11) is -4.46. The minimum absolute atomic E-state index is 0. The molecule has 2 aromatic carbocycles. The molecule has 1 N–H and O–H groups in total. The van der Waals surface area contributed by atoms with Gasteiger partial charge in [-0.1, -0.05) is 88.7 Å². The van der Waals surface area contributed by atoms with Crippen molar-refractivity contribution in [1.82, 2.24) is 0 Å². The molecule has 0 saturated heterocycles. The van der Waals surface area contributed by atoms with Crippen LogP contribution in [0.25, 0.3) is 0 Å². The van der Waals surface area contributed by atoms with Crippen molar-refractivity contribution in [3.8, 4) is 17.2 Å². The Bertz CT molecular complexity index is 869. The number of hydrogen-bond donors (Lipinski definition) is 1. The molecule has 0 spiro atoms. The quantitative estimate of drug-likeness (QED) is 0.268. The minimum atomic E-state index is -4.46. The SMILES string of the molecule is CCCCCCCCCCCCc1c(S(=O)(=O)O)ccc(Oc2ccccc2)c1[O-].[Na+]. The molecular weight excluding hydrogens is 423 g/mol. The smallest absolute Gasteiger partial charge is 0.870 e. The average molecular weight is 457 g/mol. The molecule has 0 amide bonds. The zero-order valence-electron chi connectivity index (χ0n) is 18.8. The van der Waals surface area contributed by atoms with Gasteiger partial charge in [0, 0.05) is 0 Å². The molecule has 0 atom stereocenters. The molecular formula is C24H33NaO5S. The molecule has 2 aromatic rings. The second kappa shape index (κ2) is 14.9. The Morgan fingerprint density at radius 1 is 0.839 bits per heavy atom. The van der Waals surface area contributed by atoms with Crippen LogP contribution in [0.2, 0.25) is 0 Å². The van der Waals surface area contributed by atoms with Crippen molar-refractivity contribution in [1.29, 1.82) is 0 Å². The molecule has 0 saturated carbocycles. The van der Waals surface area contributed by atoms with Crippen LogP contribution in [0.15, 0.2) is 47.4 Å². The van der Waals surface area contributed by atoms with E-state index in [-0.39, 0.29) is 45.8 Å². The van der Waals surface area contributed by atoms with Gasteiger partial charge in [0.2, 0.25) is 0 Å². The van der Waals surface area contributed by atoms with Crippen molar-refractivity contribution in [2.24, 2.45) is 0 Å². The molecule has 0 fully saturated rings. The van der Waals surface area contributed by atoms with Gasteiger partial charge in [0.15, 0.2) is 0 Å². The van der Waals surface area contributed by atoms with Crippen LogP contribution in [-0.2, 0) is 16.5 Å². The van der Waals surface area contributed by atoms with Crippen molar-refractivity contribution in [3.63, 3.8) is 0 Å². The largest absolute Gasteiger partial charge is 1.00 e. The number of para-hydroxylation sites is 1. The summed E-state index contributed by atoms with van der Waals surface area (Å²) < 4.78 is 38.6. The van der Waals surface area contributed by atoms with Crippen LogP contribution in [0, 0.1) is 0 Å². The van der Waals surface area contributed by atoms with Gasteiger partial charge in [-0.25, -0.2) is 0 Å². The maximum absolute atomic E-state index is 12.8. The van der Waals surface area contributed by atoms with Gasteiger partial charge in [-0.15, -0.1) is 0 Å². The summed E-state index contributed by atoms with van der Waals surface area (Å²) >= 11 is 0. The van der Waals surface area contributed by atoms with Gasteiger partial charge in [0.25, 0.3) is 10.1 Å². The Morgan fingerprint density at radius 3 is 1.94 bits per heavy atom. The predicted molar refractivity (Wildman–Crippen MR) is 118 cm³/mol. The summed E-state index contributed by atoms with van der Waals surface area (Å²) in [5, 5.41) is 12.8. The molecule has 0 aliphatic heterocycles. The van der Waals surface area contributed by atoms with Crippen LogP contribution < -0.4 is 39.4 Å². The number of benzene rings is 2. The Kier molecular flexibility index (Phi) is 13.5. The van der Waals surface area contributed by atoms with Crippen molar-refractivity contribution < 1.29 is 52.4 Å². The molecule has 31 heavy (non-hydrogen) atoms. The average Bonchev–Trinajstić information content (AvgIpc) is 2.71. The van der Waals surface area contributed by atoms with Crippen LogP contribution in [0.5, 0.6) is 17.2 Å². The normalized spacial score (nSPS) is 11.2. The molecule has 0 aliphatic carbocycles. The molecule has 0 radical (unpaired) electrons. The van der Waals surface area contributed by atoms with Crippen molar-refractivity contribution in [2.45, 2.75) is 82.4 Å². The van der Waals surface area contributed by atoms with Crippen molar-refractivity contribution in [3.05, 3.63) is 48.0 Å². The fourth-order valence-corrected chi connectivity index (χ4v) is 4.30. The van der Waals surface area contributed by atoms with E-state index in [2.05, 4.69) is 6.92 Å². The van der Waals surface area contributed by atoms with Crippen LogP contribution in [-0.4, -0.2) is 13.0 Å². The number of unbranched alkanes of at least 4 members (excludes halogenated alkanes) is 9. The van der Waals surface area contributed by atoms with E-state index in [0.29, 0.717) is 18.6 Å². The van der Waals surface area contributed by atoms with Crippen LogP contribution in [0.1, 0.15) is 76.7 Å². The van der Waals surface area contributed by atoms with Crippen molar-refractivity contribution in [2.75, 3.05) is 0 Å². The summed E-state index contributed by atoms with van der Waals surface area (Å²) in [6.45, 7) is 2.21. The molecule has 0 aliphatic rings. The standard InChI is InChI=1S/C24H34O5S.Na/c1-2-3-4-5-6-7-8-9-10-14-17-21-23(30(26,27)28)19-18-22(24(21)25)29-20-15-12-11-13-16-20;/h11-13,15-16,18-19,25H,2-10,14,17H2,1H3,(H,26,27,28);/q;+1/p-1. The zero-order valence-corrected chi connectivity index (χ0v) is 21.6. The van der Waals surface area contributed by atoms with Gasteiger partial charge in [0.1, 0.15) is 11.5 Å². The predicted octanol–water partition coefficient (Wildman–Crippen LogP) is 3.27. The van der Waals surface area contributed by atoms with Gasteiger partial charge in [-0.2, -0.15) is 8.42 Å². The zero-order chi connectivity index (χ0) is 21.8. The van der Waals surface area contributed by atoms with E-state index >= 15 is 0 Å². The maximum atomic E-state index is 12.8. The summed E-state index contributed by atoms with van der Waals surface area (Å²) in [6.07, 6.45) is 11.8. The number of hydrogen-bond acceptors (Lipinski definition) is 4. The first-order valence-corrected chi connectivity index (χ1v) is 12.4. The summed E-state index contributed by atoms with van der Waals surface area (Å²) in [5.74, 6) is 0.0830. The Labute approximate surface area is 209 Å². The number of rotatable bonds is 14. The van der Waals surface area contributed by atoms with Gasteiger partial charge < -0.3 is 9.84 Å². The van der Waals surface area contributed by atoms with Crippen molar-refractivity contribution >= 4 is 10.1 Å². The fourth-order valence-electron chi connectivity index (χ4n) is 3.55. The third kappa shape index (κ3) is 9.96. The van der Waals surface area contributed by atoms with E-state index in [1.54, 1.807) is 24.3 Å². The van der Waals surface area contributed by atoms with E-state index in [1.807, 2.05) is 6.07 Å². The molecule has 0 aromatic heterocycles. The molecule has 0 heterocycles. The summed E-state index contributed by atoms with van der Waals surface area (Å²) in [6, 6.07) is 11.4. The molecule has 5 nitrogen and oxygen atoms in total. The summed E-state index contributed by atoms with van der Waals surface area (Å²) in [5.41, 5.74) is 0.102. The van der Waals surface area contributed by atoms with E-state index in [1.165, 1.54) is 50.7 Å². The Hall–Kier alpha value is -1.05. The molecule has 166 valence electrons. The van der Waals surface area contributed by atoms with Crippen LogP contribution in [0.3, 0.4) is 0 Å². The van der Waals surface area contributed by atoms with Gasteiger partial charge in [-0.05, 0) is 42.7 Å². The van der Waals surface area contributed by atoms with E-state index < -0.39 is 15.9 Å². The minimum Gasteiger partial charge on any atom is -0.870 e. The molecule has 0 unspecified atom stereocenters. The van der Waals surface area contributed by atoms with Crippen LogP contribution in [0.4, 0.5) is 0 Å². The van der Waals surface area contributed by atoms with Gasteiger partial charge >= 0.3 is 29.6 Å². The maximum Gasteiger partial charge on any atom is 1.00 e. The van der Waals surface area contributed by atoms with E-state index in [9.17, 15) is 18.1 Å².